The molecule has 102 valence electrons. The fourth-order valence-electron chi connectivity index (χ4n) is 2.24. The first-order valence-electron chi connectivity index (χ1n) is 7.00. The topological polar surface area (TPSA) is 20.2 Å². The van der Waals surface area contributed by atoms with Crippen LogP contribution in [0.25, 0.3) is 0 Å². The summed E-state index contributed by atoms with van der Waals surface area (Å²) in [5, 5.41) is 10.4. The summed E-state index contributed by atoms with van der Waals surface area (Å²) >= 11 is 3.43. The molecule has 1 atom stereocenters. The summed E-state index contributed by atoms with van der Waals surface area (Å²) in [7, 11) is 0. The number of hydrogen-bond donors (Lipinski definition) is 1. The zero-order valence-electron chi connectivity index (χ0n) is 11.6. The van der Waals surface area contributed by atoms with Crippen LogP contribution < -0.4 is 0 Å². The van der Waals surface area contributed by atoms with Crippen molar-refractivity contribution in [1.82, 2.24) is 0 Å². The molecular weight excluding hydrogens is 288 g/mol. The van der Waals surface area contributed by atoms with Crippen LogP contribution >= 0.6 is 15.9 Å². The molecule has 0 aliphatic rings. The normalized spacial score (nSPS) is 14.4. The van der Waals surface area contributed by atoms with Crippen molar-refractivity contribution in [3.05, 3.63) is 34.3 Å². The summed E-state index contributed by atoms with van der Waals surface area (Å²) < 4.78 is 1.09. The smallest absolute Gasteiger partial charge is 0.0660 e. The van der Waals surface area contributed by atoms with E-state index in [2.05, 4.69) is 35.0 Å². The molecule has 0 saturated heterocycles. The Kier molecular flexibility index (Phi) is 6.95. The van der Waals surface area contributed by atoms with Gasteiger partial charge in [0.2, 0.25) is 0 Å². The first-order valence-corrected chi connectivity index (χ1v) is 7.79. The maximum Gasteiger partial charge on any atom is 0.0660 e. The van der Waals surface area contributed by atoms with Crippen molar-refractivity contribution in [2.45, 2.75) is 64.4 Å². The first-order chi connectivity index (χ1) is 8.53. The van der Waals surface area contributed by atoms with Gasteiger partial charge in [0.05, 0.1) is 5.60 Å². The highest BCUT2D eigenvalue weighted by atomic mass is 79.9. The quantitative estimate of drug-likeness (QED) is 0.662. The lowest BCUT2D eigenvalue weighted by molar-refractivity contribution is 0.0484. The number of benzene rings is 1. The van der Waals surface area contributed by atoms with Gasteiger partial charge in [0, 0.05) is 10.9 Å². The third kappa shape index (κ3) is 6.55. The number of unbranched alkanes of at least 4 members (excludes halogenated alkanes) is 4. The number of hydrogen-bond acceptors (Lipinski definition) is 1. The van der Waals surface area contributed by atoms with Crippen molar-refractivity contribution in [2.75, 3.05) is 0 Å². The summed E-state index contributed by atoms with van der Waals surface area (Å²) in [4.78, 5) is 0. The fraction of sp³-hybridized carbons (Fsp3) is 0.625. The summed E-state index contributed by atoms with van der Waals surface area (Å²) in [5.41, 5.74) is 0.636. The van der Waals surface area contributed by atoms with Crippen LogP contribution in [0.4, 0.5) is 0 Å². The van der Waals surface area contributed by atoms with Gasteiger partial charge in [0.15, 0.2) is 0 Å². The Bertz CT molecular complexity index is 329. The monoisotopic (exact) mass is 312 g/mol. The van der Waals surface area contributed by atoms with Crippen molar-refractivity contribution >= 4 is 15.9 Å². The Morgan fingerprint density at radius 1 is 1.06 bits per heavy atom. The van der Waals surface area contributed by atoms with Crippen LogP contribution in [0.5, 0.6) is 0 Å². The second kappa shape index (κ2) is 7.96. The minimum atomic E-state index is -0.569. The molecule has 2 heteroatoms. The molecule has 0 aliphatic heterocycles. The molecule has 1 aromatic carbocycles. The van der Waals surface area contributed by atoms with Gasteiger partial charge < -0.3 is 5.11 Å². The van der Waals surface area contributed by atoms with E-state index in [9.17, 15) is 5.11 Å². The van der Waals surface area contributed by atoms with Crippen molar-refractivity contribution in [2.24, 2.45) is 0 Å². The van der Waals surface area contributed by atoms with E-state index in [0.29, 0.717) is 0 Å². The molecule has 0 aliphatic carbocycles. The van der Waals surface area contributed by atoms with Gasteiger partial charge in [-0.1, -0.05) is 67.1 Å². The van der Waals surface area contributed by atoms with Crippen LogP contribution in [0.15, 0.2) is 28.7 Å². The summed E-state index contributed by atoms with van der Waals surface area (Å²) in [5.74, 6) is 0. The van der Waals surface area contributed by atoms with Crippen LogP contribution in [0, 0.1) is 0 Å². The summed E-state index contributed by atoms with van der Waals surface area (Å²) in [6.45, 7) is 4.18. The van der Waals surface area contributed by atoms with Crippen LogP contribution in [0.3, 0.4) is 0 Å². The molecule has 0 radical (unpaired) electrons. The van der Waals surface area contributed by atoms with Gasteiger partial charge in [-0.15, -0.1) is 0 Å². The molecule has 0 spiro atoms. The lowest BCUT2D eigenvalue weighted by atomic mass is 9.91. The van der Waals surface area contributed by atoms with E-state index in [1.54, 1.807) is 0 Å². The van der Waals surface area contributed by atoms with E-state index in [4.69, 9.17) is 0 Å². The molecule has 1 nitrogen and oxygen atoms in total. The number of aliphatic hydroxyl groups is 1. The minimum absolute atomic E-state index is 0.569. The third-order valence-electron chi connectivity index (χ3n) is 3.32. The molecule has 0 bridgehead atoms. The lowest BCUT2D eigenvalue weighted by Gasteiger charge is -2.23. The molecule has 1 unspecified atom stereocenters. The molecule has 18 heavy (non-hydrogen) atoms. The van der Waals surface area contributed by atoms with Gasteiger partial charge in [0.1, 0.15) is 0 Å². The molecule has 1 N–H and O–H groups in total. The molecule has 0 fully saturated rings. The van der Waals surface area contributed by atoms with Gasteiger partial charge >= 0.3 is 0 Å². The Morgan fingerprint density at radius 3 is 2.28 bits per heavy atom. The van der Waals surface area contributed by atoms with E-state index in [1.807, 2.05) is 19.1 Å². The fourth-order valence-corrected chi connectivity index (χ4v) is 2.50. The SMILES string of the molecule is CCCCCCCC(C)(O)Cc1ccc(Br)cc1. The zero-order chi connectivity index (χ0) is 13.4. The van der Waals surface area contributed by atoms with Crippen LogP contribution in [0.2, 0.25) is 0 Å². The molecule has 0 aromatic heterocycles. The highest BCUT2D eigenvalue weighted by Gasteiger charge is 2.20. The average molecular weight is 313 g/mol. The number of halogens is 1. The standard InChI is InChI=1S/C16H25BrO/c1-3-4-5-6-7-12-16(2,18)13-14-8-10-15(17)11-9-14/h8-11,18H,3-7,12-13H2,1-2H3. The average Bonchev–Trinajstić information content (AvgIpc) is 2.31. The lowest BCUT2D eigenvalue weighted by Crippen LogP contribution is -2.26. The largest absolute Gasteiger partial charge is 0.390 e. The maximum absolute atomic E-state index is 10.4. The van der Waals surface area contributed by atoms with Crippen LogP contribution in [-0.4, -0.2) is 10.7 Å². The molecular formula is C16H25BrO. The van der Waals surface area contributed by atoms with Crippen molar-refractivity contribution < 1.29 is 5.11 Å². The van der Waals surface area contributed by atoms with Crippen LogP contribution in [-0.2, 0) is 6.42 Å². The minimum Gasteiger partial charge on any atom is -0.390 e. The Labute approximate surface area is 120 Å². The molecule has 0 amide bonds. The van der Waals surface area contributed by atoms with Gasteiger partial charge in [0.25, 0.3) is 0 Å². The van der Waals surface area contributed by atoms with Gasteiger partial charge in [-0.2, -0.15) is 0 Å². The van der Waals surface area contributed by atoms with Crippen molar-refractivity contribution in [3.63, 3.8) is 0 Å². The van der Waals surface area contributed by atoms with Gasteiger partial charge in [-0.05, 0) is 31.0 Å². The number of rotatable bonds is 8. The van der Waals surface area contributed by atoms with Gasteiger partial charge in [-0.3, -0.25) is 0 Å². The van der Waals surface area contributed by atoms with E-state index in [0.717, 1.165) is 23.7 Å². The first kappa shape index (κ1) is 15.7. The predicted molar refractivity (Wildman–Crippen MR) is 81.8 cm³/mol. The van der Waals surface area contributed by atoms with Crippen molar-refractivity contribution in [1.29, 1.82) is 0 Å². The van der Waals surface area contributed by atoms with E-state index in [-0.39, 0.29) is 0 Å². The molecule has 1 rings (SSSR count). The third-order valence-corrected chi connectivity index (χ3v) is 3.85. The summed E-state index contributed by atoms with van der Waals surface area (Å²) in [6.07, 6.45) is 7.89. The molecule has 1 aromatic rings. The second-order valence-electron chi connectivity index (χ2n) is 5.46. The zero-order valence-corrected chi connectivity index (χ0v) is 13.2. The maximum atomic E-state index is 10.4. The predicted octanol–water partition coefficient (Wildman–Crippen LogP) is 5.10. The highest BCUT2D eigenvalue weighted by Crippen LogP contribution is 2.21. The van der Waals surface area contributed by atoms with E-state index < -0.39 is 5.60 Å². The molecule has 0 heterocycles. The Balaban J connectivity index is 2.32. The van der Waals surface area contributed by atoms with Crippen LogP contribution in [0.1, 0.15) is 57.9 Å². The second-order valence-corrected chi connectivity index (χ2v) is 6.38. The molecule has 0 saturated carbocycles. The Morgan fingerprint density at radius 2 is 1.67 bits per heavy atom. The summed E-state index contributed by atoms with van der Waals surface area (Å²) in [6, 6.07) is 8.23. The van der Waals surface area contributed by atoms with Crippen molar-refractivity contribution in [3.8, 4) is 0 Å². The Hall–Kier alpha value is -0.340. The highest BCUT2D eigenvalue weighted by molar-refractivity contribution is 9.10. The van der Waals surface area contributed by atoms with Gasteiger partial charge in [-0.25, -0.2) is 0 Å². The van der Waals surface area contributed by atoms with E-state index in [1.165, 1.54) is 31.2 Å². The van der Waals surface area contributed by atoms with E-state index >= 15 is 0 Å².